The van der Waals surface area contributed by atoms with Gasteiger partial charge in [-0.15, -0.1) is 0 Å². The number of anilines is 1. The number of rotatable bonds is 9. The molecule has 0 heterocycles. The molecule has 0 spiro atoms. The Morgan fingerprint density at radius 2 is 2.10 bits per heavy atom. The summed E-state index contributed by atoms with van der Waals surface area (Å²) >= 11 is 0. The highest BCUT2D eigenvalue weighted by Gasteiger charge is 2.16. The molecule has 0 aliphatic carbocycles. The van der Waals surface area contributed by atoms with Gasteiger partial charge in [0.15, 0.2) is 0 Å². The lowest BCUT2D eigenvalue weighted by molar-refractivity contribution is -0.384. The molecule has 5 nitrogen and oxygen atoms in total. The average molecular weight is 293 g/mol. The minimum atomic E-state index is -0.331. The molecule has 1 N–H and O–H groups in total. The number of non-ortho nitro benzene ring substituents is 1. The molecule has 1 aromatic carbocycles. The SMILES string of the molecule is CCCCN(Cc1cc([N+](=O)[O-])ccc1NC)C(C)CC. The van der Waals surface area contributed by atoms with Gasteiger partial charge in [-0.2, -0.15) is 0 Å². The zero-order valence-corrected chi connectivity index (χ0v) is 13.6. The van der Waals surface area contributed by atoms with Crippen molar-refractivity contribution in [2.75, 3.05) is 18.9 Å². The number of unbranched alkanes of at least 4 members (excludes halogenated alkanes) is 1. The summed E-state index contributed by atoms with van der Waals surface area (Å²) in [4.78, 5) is 13.0. The van der Waals surface area contributed by atoms with Gasteiger partial charge in [-0.3, -0.25) is 15.0 Å². The van der Waals surface area contributed by atoms with E-state index in [-0.39, 0.29) is 10.6 Å². The molecule has 0 saturated carbocycles. The van der Waals surface area contributed by atoms with Crippen molar-refractivity contribution >= 4 is 11.4 Å². The maximum Gasteiger partial charge on any atom is 0.269 e. The Balaban J connectivity index is 2.99. The average Bonchev–Trinajstić information content (AvgIpc) is 2.50. The van der Waals surface area contributed by atoms with Crippen LogP contribution < -0.4 is 5.32 Å². The predicted octanol–water partition coefficient (Wildman–Crippen LogP) is 4.04. The van der Waals surface area contributed by atoms with E-state index in [2.05, 4.69) is 31.0 Å². The van der Waals surface area contributed by atoms with Crippen LogP contribution in [0.4, 0.5) is 11.4 Å². The van der Waals surface area contributed by atoms with E-state index >= 15 is 0 Å². The van der Waals surface area contributed by atoms with Crippen LogP contribution in [0.5, 0.6) is 0 Å². The minimum absolute atomic E-state index is 0.156. The number of nitro benzene ring substituents is 1. The normalized spacial score (nSPS) is 12.4. The summed E-state index contributed by atoms with van der Waals surface area (Å²) in [6.07, 6.45) is 3.38. The van der Waals surface area contributed by atoms with Gasteiger partial charge in [-0.05, 0) is 37.9 Å². The summed E-state index contributed by atoms with van der Waals surface area (Å²) in [5, 5.41) is 14.1. The van der Waals surface area contributed by atoms with Crippen molar-refractivity contribution in [3.05, 3.63) is 33.9 Å². The molecule has 1 rings (SSSR count). The maximum absolute atomic E-state index is 11.0. The Bertz CT molecular complexity index is 463. The molecule has 0 saturated heterocycles. The second kappa shape index (κ2) is 8.62. The van der Waals surface area contributed by atoms with E-state index < -0.39 is 0 Å². The van der Waals surface area contributed by atoms with Gasteiger partial charge in [0.25, 0.3) is 5.69 Å². The number of hydrogen-bond donors (Lipinski definition) is 1. The van der Waals surface area contributed by atoms with Gasteiger partial charge < -0.3 is 5.32 Å². The fraction of sp³-hybridized carbons (Fsp3) is 0.625. The summed E-state index contributed by atoms with van der Waals surface area (Å²) in [5.41, 5.74) is 2.11. The molecule has 1 atom stereocenters. The highest BCUT2D eigenvalue weighted by atomic mass is 16.6. The van der Waals surface area contributed by atoms with Crippen molar-refractivity contribution < 1.29 is 4.92 Å². The van der Waals surface area contributed by atoms with Gasteiger partial charge >= 0.3 is 0 Å². The Morgan fingerprint density at radius 3 is 2.62 bits per heavy atom. The van der Waals surface area contributed by atoms with Crippen molar-refractivity contribution in [2.24, 2.45) is 0 Å². The third kappa shape index (κ3) is 5.01. The molecule has 5 heteroatoms. The van der Waals surface area contributed by atoms with Crippen LogP contribution >= 0.6 is 0 Å². The smallest absolute Gasteiger partial charge is 0.269 e. The van der Waals surface area contributed by atoms with Crippen LogP contribution in [0.1, 0.15) is 45.6 Å². The van der Waals surface area contributed by atoms with Crippen molar-refractivity contribution in [3.63, 3.8) is 0 Å². The number of nitrogens with zero attached hydrogens (tertiary/aromatic N) is 2. The predicted molar refractivity (Wildman–Crippen MR) is 87.7 cm³/mol. The summed E-state index contributed by atoms with van der Waals surface area (Å²) in [7, 11) is 1.85. The van der Waals surface area contributed by atoms with Gasteiger partial charge in [0, 0.05) is 37.5 Å². The number of nitro groups is 1. The Morgan fingerprint density at radius 1 is 1.38 bits per heavy atom. The molecule has 0 fully saturated rings. The van der Waals surface area contributed by atoms with Gasteiger partial charge in [0.1, 0.15) is 0 Å². The lowest BCUT2D eigenvalue weighted by Crippen LogP contribution is -2.33. The fourth-order valence-electron chi connectivity index (χ4n) is 2.36. The molecule has 118 valence electrons. The highest BCUT2D eigenvalue weighted by Crippen LogP contribution is 2.24. The Labute approximate surface area is 127 Å². The summed E-state index contributed by atoms with van der Waals surface area (Å²) < 4.78 is 0. The summed E-state index contributed by atoms with van der Waals surface area (Å²) in [5.74, 6) is 0. The first-order valence-electron chi connectivity index (χ1n) is 7.72. The van der Waals surface area contributed by atoms with Gasteiger partial charge in [-0.25, -0.2) is 0 Å². The molecule has 1 aromatic rings. The van der Waals surface area contributed by atoms with Crippen LogP contribution in [0.2, 0.25) is 0 Å². The minimum Gasteiger partial charge on any atom is -0.388 e. The highest BCUT2D eigenvalue weighted by molar-refractivity contribution is 5.55. The van der Waals surface area contributed by atoms with Crippen molar-refractivity contribution in [3.8, 4) is 0 Å². The van der Waals surface area contributed by atoms with Gasteiger partial charge in [0.05, 0.1) is 4.92 Å². The van der Waals surface area contributed by atoms with E-state index in [9.17, 15) is 10.1 Å². The van der Waals surface area contributed by atoms with E-state index in [1.54, 1.807) is 18.2 Å². The molecule has 0 bridgehead atoms. The van der Waals surface area contributed by atoms with Gasteiger partial charge in [0.2, 0.25) is 0 Å². The maximum atomic E-state index is 11.0. The molecular formula is C16H27N3O2. The fourth-order valence-corrected chi connectivity index (χ4v) is 2.36. The van der Waals surface area contributed by atoms with E-state index in [1.807, 2.05) is 7.05 Å². The molecular weight excluding hydrogens is 266 g/mol. The molecule has 0 amide bonds. The lowest BCUT2D eigenvalue weighted by atomic mass is 10.1. The van der Waals surface area contributed by atoms with Crippen LogP contribution in [0.25, 0.3) is 0 Å². The molecule has 0 aromatic heterocycles. The zero-order chi connectivity index (χ0) is 15.8. The first-order chi connectivity index (χ1) is 10.0. The van der Waals surface area contributed by atoms with Crippen molar-refractivity contribution in [2.45, 2.75) is 52.6 Å². The lowest BCUT2D eigenvalue weighted by Gasteiger charge is -2.29. The topological polar surface area (TPSA) is 58.4 Å². The van der Waals surface area contributed by atoms with Crippen molar-refractivity contribution in [1.29, 1.82) is 0 Å². The summed E-state index contributed by atoms with van der Waals surface area (Å²) in [6.45, 7) is 8.34. The molecule has 1 unspecified atom stereocenters. The summed E-state index contributed by atoms with van der Waals surface area (Å²) in [6, 6.07) is 5.50. The Kier molecular flexibility index (Phi) is 7.15. The monoisotopic (exact) mass is 293 g/mol. The van der Waals surface area contributed by atoms with E-state index in [0.29, 0.717) is 6.04 Å². The zero-order valence-electron chi connectivity index (χ0n) is 13.6. The van der Waals surface area contributed by atoms with Crippen LogP contribution in [-0.4, -0.2) is 29.5 Å². The van der Waals surface area contributed by atoms with Crippen LogP contribution in [0.3, 0.4) is 0 Å². The number of nitrogens with one attached hydrogen (secondary N) is 1. The molecule has 0 radical (unpaired) electrons. The quantitative estimate of drug-likeness (QED) is 0.551. The molecule has 0 aliphatic rings. The van der Waals surface area contributed by atoms with Crippen molar-refractivity contribution in [1.82, 2.24) is 4.90 Å². The first kappa shape index (κ1) is 17.4. The van der Waals surface area contributed by atoms with E-state index in [0.717, 1.165) is 43.6 Å². The second-order valence-electron chi connectivity index (χ2n) is 5.43. The number of benzene rings is 1. The third-order valence-electron chi connectivity index (χ3n) is 3.96. The Hall–Kier alpha value is -1.62. The van der Waals surface area contributed by atoms with E-state index in [4.69, 9.17) is 0 Å². The van der Waals surface area contributed by atoms with E-state index in [1.165, 1.54) is 0 Å². The third-order valence-corrected chi connectivity index (χ3v) is 3.96. The molecule has 0 aliphatic heterocycles. The van der Waals surface area contributed by atoms with Crippen LogP contribution in [0, 0.1) is 10.1 Å². The second-order valence-corrected chi connectivity index (χ2v) is 5.43. The van der Waals surface area contributed by atoms with Gasteiger partial charge in [-0.1, -0.05) is 20.3 Å². The largest absolute Gasteiger partial charge is 0.388 e. The molecule has 21 heavy (non-hydrogen) atoms. The first-order valence-corrected chi connectivity index (χ1v) is 7.72. The number of hydrogen-bond acceptors (Lipinski definition) is 4. The van der Waals surface area contributed by atoms with Crippen LogP contribution in [0.15, 0.2) is 18.2 Å². The standard InChI is InChI=1S/C16H27N3O2/c1-5-7-10-18(13(3)6-2)12-14-11-15(19(20)21)8-9-16(14)17-4/h8-9,11,13,17H,5-7,10,12H2,1-4H3. The van der Waals surface area contributed by atoms with Crippen LogP contribution in [-0.2, 0) is 6.54 Å².